The zero-order valence-corrected chi connectivity index (χ0v) is 12.1. The predicted molar refractivity (Wildman–Crippen MR) is 74.9 cm³/mol. The van der Waals surface area contributed by atoms with Gasteiger partial charge in [-0.15, -0.1) is 0 Å². The fraction of sp³-hybridized carbons (Fsp3) is 0.800. The Morgan fingerprint density at radius 2 is 1.90 bits per heavy atom. The number of nitrogens with one attached hydrogen (secondary N) is 2. The number of carbonyl (C=O) groups excluding carboxylic acids is 3. The molecule has 0 aromatic carbocycles. The first-order valence-corrected chi connectivity index (χ1v) is 7.69. The van der Waals surface area contributed by atoms with Crippen molar-refractivity contribution in [2.45, 2.75) is 57.9 Å². The van der Waals surface area contributed by atoms with Gasteiger partial charge in [0.05, 0.1) is 0 Å². The fourth-order valence-corrected chi connectivity index (χ4v) is 3.15. The molecular formula is C15H24N2O3. The van der Waals surface area contributed by atoms with Gasteiger partial charge in [0.15, 0.2) is 0 Å². The highest BCUT2D eigenvalue weighted by Crippen LogP contribution is 2.24. The highest BCUT2D eigenvalue weighted by atomic mass is 16.2. The zero-order valence-electron chi connectivity index (χ0n) is 12.1. The van der Waals surface area contributed by atoms with Gasteiger partial charge in [0.25, 0.3) is 5.91 Å². The summed E-state index contributed by atoms with van der Waals surface area (Å²) in [4.78, 5) is 35.1. The van der Waals surface area contributed by atoms with E-state index < -0.39 is 5.91 Å². The van der Waals surface area contributed by atoms with E-state index in [2.05, 4.69) is 10.6 Å². The number of amides is 2. The predicted octanol–water partition coefficient (Wildman–Crippen LogP) is 1.17. The van der Waals surface area contributed by atoms with E-state index in [4.69, 9.17) is 0 Å². The molecule has 2 atom stereocenters. The summed E-state index contributed by atoms with van der Waals surface area (Å²) in [5, 5.41) is 5.63. The molecule has 0 radical (unpaired) electrons. The highest BCUT2D eigenvalue weighted by molar-refractivity contribution is 6.36. The molecule has 5 nitrogen and oxygen atoms in total. The molecule has 1 heterocycles. The van der Waals surface area contributed by atoms with Gasteiger partial charge in [-0.3, -0.25) is 14.4 Å². The Morgan fingerprint density at radius 1 is 1.20 bits per heavy atom. The van der Waals surface area contributed by atoms with Crippen molar-refractivity contribution in [3.05, 3.63) is 0 Å². The number of carbonyl (C=O) groups is 3. The van der Waals surface area contributed by atoms with Crippen LogP contribution < -0.4 is 10.6 Å². The van der Waals surface area contributed by atoms with Gasteiger partial charge in [-0.25, -0.2) is 0 Å². The Morgan fingerprint density at radius 3 is 2.55 bits per heavy atom. The molecular weight excluding hydrogens is 256 g/mol. The first-order chi connectivity index (χ1) is 9.58. The number of ketones is 1. The van der Waals surface area contributed by atoms with Crippen molar-refractivity contribution < 1.29 is 14.4 Å². The molecule has 2 unspecified atom stereocenters. The molecule has 2 rings (SSSR count). The Hall–Kier alpha value is -1.39. The lowest BCUT2D eigenvalue weighted by atomic mass is 9.86. The van der Waals surface area contributed by atoms with Crippen LogP contribution in [0.15, 0.2) is 0 Å². The second-order valence-electron chi connectivity index (χ2n) is 6.06. The fourth-order valence-electron chi connectivity index (χ4n) is 3.15. The maximum absolute atomic E-state index is 12.0. The number of Topliss-reactive ketones (excluding diaryl/α,β-unsaturated/α-hetero) is 1. The summed E-state index contributed by atoms with van der Waals surface area (Å²) in [7, 11) is 0. The first-order valence-electron chi connectivity index (χ1n) is 7.69. The molecule has 0 bridgehead atoms. The smallest absolute Gasteiger partial charge is 0.287 e. The van der Waals surface area contributed by atoms with Crippen LogP contribution in [0.2, 0.25) is 0 Å². The maximum atomic E-state index is 12.0. The summed E-state index contributed by atoms with van der Waals surface area (Å²) in [6.07, 6.45) is 6.24. The molecule has 0 aromatic rings. The van der Waals surface area contributed by atoms with Crippen molar-refractivity contribution in [2.75, 3.05) is 6.54 Å². The molecule has 2 aliphatic rings. The number of piperidine rings is 1. The summed E-state index contributed by atoms with van der Waals surface area (Å²) < 4.78 is 0. The molecule has 1 aliphatic carbocycles. The summed E-state index contributed by atoms with van der Waals surface area (Å²) in [6, 6.07) is 0.0568. The average molecular weight is 280 g/mol. The molecule has 1 saturated carbocycles. The van der Waals surface area contributed by atoms with E-state index in [0.29, 0.717) is 13.0 Å². The van der Waals surface area contributed by atoms with Crippen LogP contribution >= 0.6 is 0 Å². The van der Waals surface area contributed by atoms with E-state index >= 15 is 0 Å². The lowest BCUT2D eigenvalue weighted by Crippen LogP contribution is -2.48. The van der Waals surface area contributed by atoms with E-state index in [1.807, 2.05) is 6.92 Å². The third-order valence-corrected chi connectivity index (χ3v) is 4.56. The Kier molecular flexibility index (Phi) is 5.15. The molecule has 0 aromatic heterocycles. The zero-order chi connectivity index (χ0) is 14.5. The van der Waals surface area contributed by atoms with E-state index in [0.717, 1.165) is 32.1 Å². The van der Waals surface area contributed by atoms with Crippen LogP contribution in [0.1, 0.15) is 51.9 Å². The SMILES string of the molecule is CC1NC(=O)CCC1CNC(=O)C(=O)C1CCCCC1. The Bertz CT molecular complexity index is 389. The first kappa shape index (κ1) is 15.0. The largest absolute Gasteiger partial charge is 0.353 e. The van der Waals surface area contributed by atoms with Gasteiger partial charge in [-0.05, 0) is 32.1 Å². The Labute approximate surface area is 119 Å². The van der Waals surface area contributed by atoms with Gasteiger partial charge in [0, 0.05) is 24.9 Å². The third-order valence-electron chi connectivity index (χ3n) is 4.56. The number of rotatable bonds is 4. The van der Waals surface area contributed by atoms with Crippen LogP contribution in [-0.2, 0) is 14.4 Å². The van der Waals surface area contributed by atoms with Crippen LogP contribution in [0.25, 0.3) is 0 Å². The molecule has 5 heteroatoms. The lowest BCUT2D eigenvalue weighted by Gasteiger charge is -2.29. The highest BCUT2D eigenvalue weighted by Gasteiger charge is 2.29. The number of hydrogen-bond donors (Lipinski definition) is 2. The maximum Gasteiger partial charge on any atom is 0.287 e. The summed E-state index contributed by atoms with van der Waals surface area (Å²) >= 11 is 0. The molecule has 0 spiro atoms. The summed E-state index contributed by atoms with van der Waals surface area (Å²) in [5.74, 6) is -0.486. The van der Waals surface area contributed by atoms with Crippen molar-refractivity contribution in [1.29, 1.82) is 0 Å². The minimum atomic E-state index is -0.444. The van der Waals surface area contributed by atoms with Crippen molar-refractivity contribution >= 4 is 17.6 Å². The van der Waals surface area contributed by atoms with Crippen molar-refractivity contribution in [3.63, 3.8) is 0 Å². The van der Waals surface area contributed by atoms with Gasteiger partial charge in [0.1, 0.15) is 0 Å². The second kappa shape index (κ2) is 6.86. The van der Waals surface area contributed by atoms with Crippen LogP contribution in [-0.4, -0.2) is 30.2 Å². The molecule has 1 aliphatic heterocycles. The van der Waals surface area contributed by atoms with E-state index in [1.54, 1.807) is 0 Å². The van der Waals surface area contributed by atoms with Gasteiger partial charge in [0.2, 0.25) is 11.7 Å². The van der Waals surface area contributed by atoms with E-state index in [9.17, 15) is 14.4 Å². The van der Waals surface area contributed by atoms with Crippen LogP contribution in [0, 0.1) is 11.8 Å². The van der Waals surface area contributed by atoms with Gasteiger partial charge in [-0.1, -0.05) is 19.3 Å². The Balaban J connectivity index is 1.76. The van der Waals surface area contributed by atoms with Gasteiger partial charge in [-0.2, -0.15) is 0 Å². The monoisotopic (exact) mass is 280 g/mol. The molecule has 2 fully saturated rings. The lowest BCUT2D eigenvalue weighted by molar-refractivity contribution is -0.141. The van der Waals surface area contributed by atoms with Gasteiger partial charge < -0.3 is 10.6 Å². The number of hydrogen-bond acceptors (Lipinski definition) is 3. The normalized spacial score (nSPS) is 27.8. The molecule has 20 heavy (non-hydrogen) atoms. The van der Waals surface area contributed by atoms with Crippen molar-refractivity contribution in [3.8, 4) is 0 Å². The molecule has 1 saturated heterocycles. The third kappa shape index (κ3) is 3.81. The quantitative estimate of drug-likeness (QED) is 0.759. The molecule has 112 valence electrons. The van der Waals surface area contributed by atoms with Crippen molar-refractivity contribution in [2.24, 2.45) is 11.8 Å². The van der Waals surface area contributed by atoms with Crippen LogP contribution in [0.4, 0.5) is 0 Å². The van der Waals surface area contributed by atoms with E-state index in [-0.39, 0.29) is 29.6 Å². The van der Waals surface area contributed by atoms with Crippen LogP contribution in [0.5, 0.6) is 0 Å². The van der Waals surface area contributed by atoms with E-state index in [1.165, 1.54) is 6.42 Å². The minimum absolute atomic E-state index is 0.0568. The molecule has 2 N–H and O–H groups in total. The van der Waals surface area contributed by atoms with Gasteiger partial charge >= 0.3 is 0 Å². The van der Waals surface area contributed by atoms with Crippen molar-refractivity contribution in [1.82, 2.24) is 10.6 Å². The summed E-state index contributed by atoms with van der Waals surface area (Å²) in [6.45, 7) is 2.41. The topological polar surface area (TPSA) is 75.3 Å². The summed E-state index contributed by atoms with van der Waals surface area (Å²) in [5.41, 5.74) is 0. The molecule has 2 amide bonds. The second-order valence-corrected chi connectivity index (χ2v) is 6.06. The average Bonchev–Trinajstić information content (AvgIpc) is 2.46. The standard InChI is InChI=1S/C15H24N2O3/c1-10-12(7-8-13(18)17-10)9-16-15(20)14(19)11-5-3-2-4-6-11/h10-12H,2-9H2,1H3,(H,16,20)(H,17,18). The minimum Gasteiger partial charge on any atom is -0.353 e. The van der Waals surface area contributed by atoms with Crippen LogP contribution in [0.3, 0.4) is 0 Å².